The Labute approximate surface area is 101 Å². The van der Waals surface area contributed by atoms with E-state index in [0.29, 0.717) is 16.0 Å². The maximum atomic E-state index is 12.5. The normalized spacial score (nSPS) is 12.7. The van der Waals surface area contributed by atoms with Gasteiger partial charge in [-0.3, -0.25) is 0 Å². The highest BCUT2D eigenvalue weighted by atomic mass is 79.9. The molecule has 0 aliphatic carbocycles. The van der Waals surface area contributed by atoms with Crippen molar-refractivity contribution in [3.8, 4) is 11.5 Å². The van der Waals surface area contributed by atoms with Crippen LogP contribution in [-0.4, -0.2) is 20.6 Å². The molecule has 0 fully saturated rings. The Morgan fingerprint density at radius 2 is 1.75 bits per heavy atom. The van der Waals surface area contributed by atoms with Crippen molar-refractivity contribution in [2.45, 2.75) is 12.5 Å². The largest absolute Gasteiger partial charge is 0.496 e. The smallest absolute Gasteiger partial charge is 0.257 e. The Bertz CT molecular complexity index is 374. The van der Waals surface area contributed by atoms with Crippen LogP contribution >= 0.6 is 15.9 Å². The van der Waals surface area contributed by atoms with Gasteiger partial charge in [0.2, 0.25) is 0 Å². The lowest BCUT2D eigenvalue weighted by atomic mass is 10.1. The molecule has 90 valence electrons. The third kappa shape index (κ3) is 2.62. The molecule has 0 radical (unpaired) electrons. The first kappa shape index (κ1) is 13.2. The molecule has 0 aliphatic rings. The lowest BCUT2D eigenvalue weighted by molar-refractivity contribution is 0.115. The quantitative estimate of drug-likeness (QED) is 0.929. The molecule has 1 atom stereocenters. The minimum Gasteiger partial charge on any atom is -0.496 e. The van der Waals surface area contributed by atoms with Gasteiger partial charge in [0.05, 0.1) is 24.7 Å². The number of ether oxygens (including phenoxy) is 2. The molecule has 0 saturated carbocycles. The number of methoxy groups -OCH3 is 2. The Kier molecular flexibility index (Phi) is 4.49. The summed E-state index contributed by atoms with van der Waals surface area (Å²) in [5, 5.41) is 0. The summed E-state index contributed by atoms with van der Waals surface area (Å²) in [5.74, 6) is 0.743. The van der Waals surface area contributed by atoms with Crippen LogP contribution in [0.5, 0.6) is 11.5 Å². The van der Waals surface area contributed by atoms with Gasteiger partial charge in [-0.1, -0.05) is 0 Å². The van der Waals surface area contributed by atoms with Gasteiger partial charge in [-0.05, 0) is 28.1 Å². The van der Waals surface area contributed by atoms with Gasteiger partial charge in [0.15, 0.2) is 0 Å². The number of rotatable bonds is 4. The zero-order valence-electron chi connectivity index (χ0n) is 8.84. The first-order chi connectivity index (χ1) is 7.51. The van der Waals surface area contributed by atoms with Crippen LogP contribution in [0.4, 0.5) is 8.78 Å². The molecule has 0 aliphatic heterocycles. The fourth-order valence-electron chi connectivity index (χ4n) is 1.28. The second-order valence-electron chi connectivity index (χ2n) is 3.09. The number of hydrogen-bond acceptors (Lipinski definition) is 3. The molecule has 3 nitrogen and oxygen atoms in total. The van der Waals surface area contributed by atoms with Gasteiger partial charge < -0.3 is 15.2 Å². The third-order valence-electron chi connectivity index (χ3n) is 2.13. The van der Waals surface area contributed by atoms with E-state index in [0.717, 1.165) is 0 Å². The lowest BCUT2D eigenvalue weighted by Gasteiger charge is -2.17. The molecular formula is C10H12BrF2NO2. The van der Waals surface area contributed by atoms with Gasteiger partial charge in [-0.15, -0.1) is 0 Å². The molecule has 0 saturated heterocycles. The Morgan fingerprint density at radius 1 is 1.19 bits per heavy atom. The molecule has 0 heterocycles. The molecule has 0 amide bonds. The summed E-state index contributed by atoms with van der Waals surface area (Å²) in [4.78, 5) is 0. The molecule has 1 aromatic rings. The standard InChI is InChI=1S/C10H12BrF2NO2/c1-15-7-4-6(11)8(16-2)3-5(7)9(14)10(12)13/h3-4,9-10H,14H2,1-2H3/t9-/m1/s1. The number of nitrogens with two attached hydrogens (primary N) is 1. The minimum absolute atomic E-state index is 0.220. The molecule has 0 spiro atoms. The molecule has 0 unspecified atom stereocenters. The van der Waals surface area contributed by atoms with E-state index < -0.39 is 12.5 Å². The van der Waals surface area contributed by atoms with E-state index >= 15 is 0 Å². The maximum Gasteiger partial charge on any atom is 0.257 e. The van der Waals surface area contributed by atoms with Crippen LogP contribution in [0.15, 0.2) is 16.6 Å². The van der Waals surface area contributed by atoms with Crippen molar-refractivity contribution < 1.29 is 18.3 Å². The van der Waals surface area contributed by atoms with E-state index in [-0.39, 0.29) is 5.56 Å². The van der Waals surface area contributed by atoms with Crippen molar-refractivity contribution in [3.63, 3.8) is 0 Å². The van der Waals surface area contributed by atoms with Crippen molar-refractivity contribution in [2.24, 2.45) is 5.73 Å². The molecule has 1 rings (SSSR count). The van der Waals surface area contributed by atoms with Crippen molar-refractivity contribution in [1.29, 1.82) is 0 Å². The summed E-state index contributed by atoms with van der Waals surface area (Å²) in [6.07, 6.45) is -2.65. The van der Waals surface area contributed by atoms with Crippen LogP contribution in [0.2, 0.25) is 0 Å². The minimum atomic E-state index is -2.65. The Hall–Kier alpha value is -0.880. The fraction of sp³-hybridized carbons (Fsp3) is 0.400. The van der Waals surface area contributed by atoms with Crippen LogP contribution in [0.3, 0.4) is 0 Å². The summed E-state index contributed by atoms with van der Waals surface area (Å²) < 4.78 is 35.7. The van der Waals surface area contributed by atoms with Gasteiger partial charge in [-0.25, -0.2) is 8.78 Å². The zero-order valence-corrected chi connectivity index (χ0v) is 10.4. The van der Waals surface area contributed by atoms with E-state index in [1.165, 1.54) is 20.3 Å². The average Bonchev–Trinajstić information content (AvgIpc) is 2.27. The molecule has 16 heavy (non-hydrogen) atoms. The lowest BCUT2D eigenvalue weighted by Crippen LogP contribution is -2.19. The summed E-state index contributed by atoms with van der Waals surface area (Å²) >= 11 is 3.24. The highest BCUT2D eigenvalue weighted by Crippen LogP contribution is 2.36. The second-order valence-corrected chi connectivity index (χ2v) is 3.94. The van der Waals surface area contributed by atoms with Gasteiger partial charge >= 0.3 is 0 Å². The SMILES string of the molecule is COc1cc([C@@H](N)C(F)F)c(OC)cc1Br. The van der Waals surface area contributed by atoms with E-state index in [9.17, 15) is 8.78 Å². The predicted molar refractivity (Wildman–Crippen MR) is 60.2 cm³/mol. The highest BCUT2D eigenvalue weighted by Gasteiger charge is 2.23. The topological polar surface area (TPSA) is 44.5 Å². The second kappa shape index (κ2) is 5.45. The summed E-state index contributed by atoms with van der Waals surface area (Å²) in [5.41, 5.74) is 5.61. The van der Waals surface area contributed by atoms with Crippen LogP contribution in [0, 0.1) is 0 Å². The van der Waals surface area contributed by atoms with Crippen molar-refractivity contribution >= 4 is 15.9 Å². The fourth-order valence-corrected chi connectivity index (χ4v) is 1.76. The number of halogens is 3. The molecular weight excluding hydrogens is 284 g/mol. The number of hydrogen-bond donors (Lipinski definition) is 1. The number of alkyl halides is 2. The van der Waals surface area contributed by atoms with E-state index in [1.807, 2.05) is 0 Å². The first-order valence-electron chi connectivity index (χ1n) is 4.46. The molecule has 0 bridgehead atoms. The van der Waals surface area contributed by atoms with Crippen molar-refractivity contribution in [2.75, 3.05) is 14.2 Å². The van der Waals surface area contributed by atoms with Crippen LogP contribution in [0.1, 0.15) is 11.6 Å². The van der Waals surface area contributed by atoms with Gasteiger partial charge in [0, 0.05) is 5.56 Å². The first-order valence-corrected chi connectivity index (χ1v) is 5.25. The highest BCUT2D eigenvalue weighted by molar-refractivity contribution is 9.10. The van der Waals surface area contributed by atoms with Gasteiger partial charge in [0.1, 0.15) is 11.5 Å². The predicted octanol–water partition coefficient (Wildman–Crippen LogP) is 2.73. The summed E-state index contributed by atoms with van der Waals surface area (Å²) in [7, 11) is 2.85. The van der Waals surface area contributed by atoms with Crippen LogP contribution in [0.25, 0.3) is 0 Å². The van der Waals surface area contributed by atoms with E-state index in [2.05, 4.69) is 15.9 Å². The molecule has 0 aromatic heterocycles. The summed E-state index contributed by atoms with van der Waals surface area (Å²) in [6, 6.07) is 1.60. The van der Waals surface area contributed by atoms with Gasteiger partial charge in [-0.2, -0.15) is 0 Å². The van der Waals surface area contributed by atoms with Crippen LogP contribution in [-0.2, 0) is 0 Å². The maximum absolute atomic E-state index is 12.5. The van der Waals surface area contributed by atoms with Gasteiger partial charge in [0.25, 0.3) is 6.43 Å². The Balaban J connectivity index is 3.24. The summed E-state index contributed by atoms with van der Waals surface area (Å²) in [6.45, 7) is 0. The zero-order chi connectivity index (χ0) is 12.3. The van der Waals surface area contributed by atoms with E-state index in [4.69, 9.17) is 15.2 Å². The number of benzene rings is 1. The van der Waals surface area contributed by atoms with E-state index in [1.54, 1.807) is 6.07 Å². The molecule has 1 aromatic carbocycles. The third-order valence-corrected chi connectivity index (χ3v) is 2.75. The average molecular weight is 296 g/mol. The van der Waals surface area contributed by atoms with Crippen molar-refractivity contribution in [3.05, 3.63) is 22.2 Å². The van der Waals surface area contributed by atoms with Crippen LogP contribution < -0.4 is 15.2 Å². The Morgan fingerprint density at radius 3 is 2.19 bits per heavy atom. The monoisotopic (exact) mass is 295 g/mol. The molecule has 6 heteroatoms. The van der Waals surface area contributed by atoms with Crippen molar-refractivity contribution in [1.82, 2.24) is 0 Å². The molecule has 2 N–H and O–H groups in total.